The van der Waals surface area contributed by atoms with Crippen LogP contribution in [0.3, 0.4) is 0 Å². The van der Waals surface area contributed by atoms with Gasteiger partial charge >= 0.3 is 0 Å². The van der Waals surface area contributed by atoms with E-state index in [1.54, 1.807) is 0 Å². The molecule has 0 amide bonds. The predicted octanol–water partition coefficient (Wildman–Crippen LogP) is 12.6. The zero-order chi connectivity index (χ0) is 32.6. The number of pyridine rings is 1. The topological polar surface area (TPSA) is 16.1 Å². The molecule has 0 N–H and O–H groups in total. The summed E-state index contributed by atoms with van der Waals surface area (Å²) in [5, 5.41) is 5.87. The van der Waals surface area contributed by atoms with E-state index >= 15 is 0 Å². The van der Waals surface area contributed by atoms with Crippen LogP contribution in [0.1, 0.15) is 0 Å². The van der Waals surface area contributed by atoms with E-state index < -0.39 is 0 Å². The molecule has 0 bridgehead atoms. The number of aromatic nitrogens is 1. The van der Waals surface area contributed by atoms with Gasteiger partial charge in [0.25, 0.3) is 0 Å². The van der Waals surface area contributed by atoms with Gasteiger partial charge in [-0.15, -0.1) is 0 Å². The van der Waals surface area contributed by atoms with Crippen molar-refractivity contribution in [2.75, 3.05) is 4.90 Å². The maximum Gasteiger partial charge on any atom is 0.0702 e. The Balaban J connectivity index is 1.09. The summed E-state index contributed by atoms with van der Waals surface area (Å²) in [4.78, 5) is 7.01. The Bertz CT molecular complexity index is 2290. The molecule has 2 heteroatoms. The van der Waals surface area contributed by atoms with Crippen molar-refractivity contribution < 1.29 is 0 Å². The van der Waals surface area contributed by atoms with Crippen molar-refractivity contribution in [1.29, 1.82) is 0 Å². The Kier molecular flexibility index (Phi) is 7.08. The van der Waals surface area contributed by atoms with Gasteiger partial charge < -0.3 is 4.90 Å². The molecule has 1 heterocycles. The molecule has 9 aromatic rings. The van der Waals surface area contributed by atoms with Gasteiger partial charge in [-0.05, 0) is 117 Å². The summed E-state index contributed by atoms with van der Waals surface area (Å²) in [6.45, 7) is 0. The van der Waals surface area contributed by atoms with Gasteiger partial charge in [0.15, 0.2) is 0 Å². The fourth-order valence-corrected chi connectivity index (χ4v) is 6.69. The van der Waals surface area contributed by atoms with Crippen molar-refractivity contribution in [1.82, 2.24) is 4.98 Å². The van der Waals surface area contributed by atoms with Crippen molar-refractivity contribution >= 4 is 49.5 Å². The Morgan fingerprint density at radius 3 is 1.57 bits per heavy atom. The van der Waals surface area contributed by atoms with Crippen LogP contribution in [0, 0.1) is 12.1 Å². The van der Waals surface area contributed by atoms with Gasteiger partial charge in [-0.2, -0.15) is 0 Å². The van der Waals surface area contributed by atoms with Crippen molar-refractivity contribution in [2.45, 2.75) is 0 Å². The second kappa shape index (κ2) is 12.2. The minimum atomic E-state index is 1.00. The monoisotopic (exact) mass is 622 g/mol. The van der Waals surface area contributed by atoms with E-state index in [-0.39, 0.29) is 0 Å². The molecule has 0 fully saturated rings. The summed E-state index contributed by atoms with van der Waals surface area (Å²) in [5.41, 5.74) is 11.2. The molecule has 9 rings (SSSR count). The first-order chi connectivity index (χ1) is 24.2. The molecule has 49 heavy (non-hydrogen) atoms. The zero-order valence-corrected chi connectivity index (χ0v) is 26.7. The summed E-state index contributed by atoms with van der Waals surface area (Å²) in [6.07, 6.45) is 1.96. The number of benzene rings is 7. The van der Waals surface area contributed by atoms with E-state index in [9.17, 15) is 0 Å². The van der Waals surface area contributed by atoms with Crippen LogP contribution in [0.25, 0.3) is 65.8 Å². The number of fused-ring (bicyclic) bond motifs is 3. The molecule has 0 atom stereocenters. The Labute approximate surface area is 286 Å². The Hall–Kier alpha value is -6.69. The smallest absolute Gasteiger partial charge is 0.0702 e. The fourth-order valence-electron chi connectivity index (χ4n) is 6.69. The molecule has 8 aromatic carbocycles. The van der Waals surface area contributed by atoms with Gasteiger partial charge in [0.2, 0.25) is 0 Å². The highest BCUT2D eigenvalue weighted by Crippen LogP contribution is 2.38. The van der Waals surface area contributed by atoms with Crippen LogP contribution in [0.4, 0.5) is 17.1 Å². The summed E-state index contributed by atoms with van der Waals surface area (Å²) in [5.74, 6) is 0. The van der Waals surface area contributed by atoms with Crippen LogP contribution in [-0.4, -0.2) is 4.98 Å². The molecule has 0 aliphatic carbocycles. The average Bonchev–Trinajstić information content (AvgIpc) is 3.18. The van der Waals surface area contributed by atoms with E-state index in [2.05, 4.69) is 175 Å². The van der Waals surface area contributed by atoms with E-state index in [0.717, 1.165) is 55.6 Å². The molecule has 0 aliphatic heterocycles. The third-order valence-corrected chi connectivity index (χ3v) is 9.32. The first-order valence-corrected chi connectivity index (χ1v) is 16.5. The lowest BCUT2D eigenvalue weighted by molar-refractivity contribution is 1.28. The normalized spacial score (nSPS) is 11.1. The first-order valence-electron chi connectivity index (χ1n) is 16.5. The number of para-hydroxylation sites is 1. The summed E-state index contributed by atoms with van der Waals surface area (Å²) >= 11 is 0. The largest absolute Gasteiger partial charge is 0.311 e. The molecule has 0 saturated heterocycles. The van der Waals surface area contributed by atoms with E-state index in [1.165, 1.54) is 27.3 Å². The molecule has 0 radical (unpaired) electrons. The average molecular weight is 623 g/mol. The van der Waals surface area contributed by atoms with Crippen LogP contribution in [0.5, 0.6) is 0 Å². The SMILES string of the molecule is c1ccc2ccc(-c3ccc(N(c4ccc(-c5ccc6ccccc6c5)cc4)c4ccc(-c5cnc6ccccc6c5)cc4)cc3)cc2c#1. The van der Waals surface area contributed by atoms with Crippen molar-refractivity contribution in [2.24, 2.45) is 0 Å². The maximum absolute atomic E-state index is 4.70. The van der Waals surface area contributed by atoms with Crippen LogP contribution >= 0.6 is 0 Å². The molecule has 0 aliphatic rings. The lowest BCUT2D eigenvalue weighted by atomic mass is 10.00. The van der Waals surface area contributed by atoms with E-state index in [4.69, 9.17) is 4.98 Å². The van der Waals surface area contributed by atoms with Gasteiger partial charge in [-0.1, -0.05) is 115 Å². The van der Waals surface area contributed by atoms with Crippen molar-refractivity contribution in [3.63, 3.8) is 0 Å². The number of hydrogen-bond donors (Lipinski definition) is 0. The minimum Gasteiger partial charge on any atom is -0.311 e. The molecule has 0 saturated carbocycles. The molecular formula is C47H30N2. The molecule has 2 nitrogen and oxygen atoms in total. The summed E-state index contributed by atoms with van der Waals surface area (Å²) < 4.78 is 0. The van der Waals surface area contributed by atoms with Crippen molar-refractivity contribution in [3.05, 3.63) is 194 Å². The third-order valence-electron chi connectivity index (χ3n) is 9.32. The molecule has 228 valence electrons. The highest BCUT2D eigenvalue weighted by atomic mass is 15.1. The van der Waals surface area contributed by atoms with Gasteiger partial charge in [0.05, 0.1) is 5.52 Å². The van der Waals surface area contributed by atoms with Gasteiger partial charge in [0, 0.05) is 39.6 Å². The van der Waals surface area contributed by atoms with Crippen LogP contribution in [-0.2, 0) is 0 Å². The third kappa shape index (κ3) is 5.54. The van der Waals surface area contributed by atoms with Crippen LogP contribution in [0.2, 0.25) is 0 Å². The second-order valence-corrected chi connectivity index (χ2v) is 12.4. The highest BCUT2D eigenvalue weighted by molar-refractivity contribution is 5.89. The lowest BCUT2D eigenvalue weighted by Crippen LogP contribution is -2.09. The summed E-state index contributed by atoms with van der Waals surface area (Å²) in [7, 11) is 0. The number of hydrogen-bond acceptors (Lipinski definition) is 2. The maximum atomic E-state index is 4.70. The Morgan fingerprint density at radius 2 is 0.898 bits per heavy atom. The second-order valence-electron chi connectivity index (χ2n) is 12.4. The zero-order valence-electron chi connectivity index (χ0n) is 26.7. The van der Waals surface area contributed by atoms with E-state index in [0.29, 0.717) is 0 Å². The molecule has 1 aromatic heterocycles. The van der Waals surface area contributed by atoms with Gasteiger partial charge in [-0.3, -0.25) is 4.98 Å². The molecular weight excluding hydrogens is 593 g/mol. The number of rotatable bonds is 6. The molecule has 0 spiro atoms. The number of nitrogens with zero attached hydrogens (tertiary/aromatic N) is 2. The Morgan fingerprint density at radius 1 is 0.388 bits per heavy atom. The standard InChI is InChI=1S/C47H30N2/c1-3-9-38-29-40(15-13-33(38)7-1)35-17-23-44(24-18-35)49(45-25-19-36(20-26-45)41-16-14-34-8-2-4-10-39(34)30-41)46-27-21-37(22-28-46)43-31-42-11-5-6-12-47(42)48-32-43/h1-3,5-9,11-32H. The van der Waals surface area contributed by atoms with Gasteiger partial charge in [0.1, 0.15) is 0 Å². The minimum absolute atomic E-state index is 1.00. The highest BCUT2D eigenvalue weighted by Gasteiger charge is 2.14. The quantitative estimate of drug-likeness (QED) is 0.183. The summed E-state index contributed by atoms with van der Waals surface area (Å²) in [6, 6.07) is 68.9. The van der Waals surface area contributed by atoms with E-state index in [1.807, 2.05) is 24.4 Å². The van der Waals surface area contributed by atoms with Crippen LogP contribution < -0.4 is 4.90 Å². The molecule has 0 unspecified atom stereocenters. The lowest BCUT2D eigenvalue weighted by Gasteiger charge is -2.26. The fraction of sp³-hybridized carbons (Fsp3) is 0. The number of anilines is 3. The van der Waals surface area contributed by atoms with Gasteiger partial charge in [-0.25, -0.2) is 0 Å². The van der Waals surface area contributed by atoms with Crippen molar-refractivity contribution in [3.8, 4) is 33.4 Å². The first kappa shape index (κ1) is 28.5. The van der Waals surface area contributed by atoms with Crippen LogP contribution in [0.15, 0.2) is 182 Å². The predicted molar refractivity (Wildman–Crippen MR) is 205 cm³/mol.